The SMILES string of the molecule is CCCCC(=O)O.CCCCNC(=O)OCC. The summed E-state index contributed by atoms with van der Waals surface area (Å²) in [5.74, 6) is -0.693. The lowest BCUT2D eigenvalue weighted by Crippen LogP contribution is -2.24. The van der Waals surface area contributed by atoms with Crippen LogP contribution in [0.5, 0.6) is 0 Å². The van der Waals surface area contributed by atoms with Crippen molar-refractivity contribution in [1.82, 2.24) is 5.32 Å². The van der Waals surface area contributed by atoms with Crippen molar-refractivity contribution in [3.05, 3.63) is 0 Å². The van der Waals surface area contributed by atoms with E-state index in [1.807, 2.05) is 6.92 Å². The number of unbranched alkanes of at least 4 members (excludes halogenated alkanes) is 2. The van der Waals surface area contributed by atoms with Gasteiger partial charge in [0.2, 0.25) is 0 Å². The minimum Gasteiger partial charge on any atom is -0.481 e. The van der Waals surface area contributed by atoms with Crippen LogP contribution in [0.15, 0.2) is 0 Å². The molecule has 0 saturated carbocycles. The van der Waals surface area contributed by atoms with Gasteiger partial charge in [-0.3, -0.25) is 4.79 Å². The Morgan fingerprint density at radius 1 is 1.12 bits per heavy atom. The summed E-state index contributed by atoms with van der Waals surface area (Å²) < 4.78 is 4.64. The van der Waals surface area contributed by atoms with E-state index >= 15 is 0 Å². The number of hydrogen-bond donors (Lipinski definition) is 2. The summed E-state index contributed by atoms with van der Waals surface area (Å²) in [6.07, 6.45) is 3.87. The maximum atomic E-state index is 10.6. The van der Waals surface area contributed by atoms with Gasteiger partial charge in [0.05, 0.1) is 6.61 Å². The van der Waals surface area contributed by atoms with Gasteiger partial charge in [-0.15, -0.1) is 0 Å². The molecule has 5 heteroatoms. The zero-order chi connectivity index (χ0) is 13.5. The molecule has 1 amide bonds. The van der Waals surface area contributed by atoms with Crippen LogP contribution in [0.4, 0.5) is 4.79 Å². The molecule has 0 bridgehead atoms. The van der Waals surface area contributed by atoms with Crippen LogP contribution < -0.4 is 5.32 Å². The van der Waals surface area contributed by atoms with Crippen LogP contribution in [-0.2, 0) is 9.53 Å². The van der Waals surface area contributed by atoms with E-state index in [-0.39, 0.29) is 6.09 Å². The second kappa shape index (κ2) is 14.7. The molecule has 0 atom stereocenters. The average molecular weight is 247 g/mol. The van der Waals surface area contributed by atoms with Crippen molar-refractivity contribution in [3.63, 3.8) is 0 Å². The third-order valence-electron chi connectivity index (χ3n) is 1.82. The smallest absolute Gasteiger partial charge is 0.407 e. The number of carbonyl (C=O) groups is 2. The second-order valence-corrected chi connectivity index (χ2v) is 3.50. The molecule has 0 fully saturated rings. The third kappa shape index (κ3) is 20.7. The molecule has 0 rings (SSSR count). The lowest BCUT2D eigenvalue weighted by Gasteiger charge is -2.02. The number of carbonyl (C=O) groups excluding carboxylic acids is 1. The van der Waals surface area contributed by atoms with E-state index in [1.54, 1.807) is 6.92 Å². The number of carboxylic acids is 1. The lowest BCUT2D eigenvalue weighted by molar-refractivity contribution is -0.137. The van der Waals surface area contributed by atoms with Gasteiger partial charge in [-0.25, -0.2) is 4.79 Å². The summed E-state index contributed by atoms with van der Waals surface area (Å²) in [5.41, 5.74) is 0. The normalized spacial score (nSPS) is 8.88. The molecule has 0 saturated heterocycles. The van der Waals surface area contributed by atoms with Crippen LogP contribution in [0.3, 0.4) is 0 Å². The number of aliphatic carboxylic acids is 1. The quantitative estimate of drug-likeness (QED) is 0.678. The first-order chi connectivity index (χ1) is 8.08. The number of carboxylic acid groups (broad SMARTS) is 1. The topological polar surface area (TPSA) is 75.6 Å². The molecule has 0 radical (unpaired) electrons. The highest BCUT2D eigenvalue weighted by Crippen LogP contribution is 1.91. The first kappa shape index (κ1) is 18.1. The highest BCUT2D eigenvalue weighted by Gasteiger charge is 1.95. The van der Waals surface area contributed by atoms with Crippen molar-refractivity contribution in [2.45, 2.75) is 52.9 Å². The van der Waals surface area contributed by atoms with Gasteiger partial charge in [-0.2, -0.15) is 0 Å². The van der Waals surface area contributed by atoms with Gasteiger partial charge in [0, 0.05) is 13.0 Å². The number of hydrogen-bond acceptors (Lipinski definition) is 3. The second-order valence-electron chi connectivity index (χ2n) is 3.50. The Bertz CT molecular complexity index is 195. The van der Waals surface area contributed by atoms with E-state index < -0.39 is 5.97 Å². The summed E-state index contributed by atoms with van der Waals surface area (Å²) in [6, 6.07) is 0. The number of nitrogens with one attached hydrogen (secondary N) is 1. The van der Waals surface area contributed by atoms with E-state index in [4.69, 9.17) is 5.11 Å². The summed E-state index contributed by atoms with van der Waals surface area (Å²) >= 11 is 0. The van der Waals surface area contributed by atoms with Crippen LogP contribution in [0, 0.1) is 0 Å². The van der Waals surface area contributed by atoms with Gasteiger partial charge < -0.3 is 15.2 Å². The van der Waals surface area contributed by atoms with E-state index in [2.05, 4.69) is 17.0 Å². The zero-order valence-corrected chi connectivity index (χ0v) is 11.1. The van der Waals surface area contributed by atoms with Crippen molar-refractivity contribution in [2.75, 3.05) is 13.2 Å². The molecule has 102 valence electrons. The fraction of sp³-hybridized carbons (Fsp3) is 0.833. The highest BCUT2D eigenvalue weighted by atomic mass is 16.5. The minimum absolute atomic E-state index is 0.309. The summed E-state index contributed by atoms with van der Waals surface area (Å²) in [7, 11) is 0. The van der Waals surface area contributed by atoms with Gasteiger partial charge in [-0.1, -0.05) is 26.7 Å². The van der Waals surface area contributed by atoms with Crippen molar-refractivity contribution < 1.29 is 19.4 Å². The van der Waals surface area contributed by atoms with Crippen molar-refractivity contribution >= 4 is 12.1 Å². The first-order valence-corrected chi connectivity index (χ1v) is 6.20. The van der Waals surface area contributed by atoms with E-state index in [9.17, 15) is 9.59 Å². The van der Waals surface area contributed by atoms with Crippen molar-refractivity contribution in [3.8, 4) is 0 Å². The molecule has 2 N–H and O–H groups in total. The predicted molar refractivity (Wildman–Crippen MR) is 67.1 cm³/mol. The van der Waals surface area contributed by atoms with E-state index in [0.29, 0.717) is 13.0 Å². The van der Waals surface area contributed by atoms with Crippen molar-refractivity contribution in [2.24, 2.45) is 0 Å². The maximum absolute atomic E-state index is 10.6. The number of amides is 1. The van der Waals surface area contributed by atoms with Crippen LogP contribution >= 0.6 is 0 Å². The van der Waals surface area contributed by atoms with Crippen LogP contribution in [-0.4, -0.2) is 30.3 Å². The first-order valence-electron chi connectivity index (χ1n) is 6.20. The molecule has 5 nitrogen and oxygen atoms in total. The molecule has 0 spiro atoms. The molecule has 0 aromatic carbocycles. The molecule has 0 aliphatic rings. The summed E-state index contributed by atoms with van der Waals surface area (Å²) in [4.78, 5) is 20.3. The largest absolute Gasteiger partial charge is 0.481 e. The molecule has 0 unspecified atom stereocenters. The Kier molecular flexibility index (Phi) is 15.7. The maximum Gasteiger partial charge on any atom is 0.407 e. The monoisotopic (exact) mass is 247 g/mol. The fourth-order valence-electron chi connectivity index (χ4n) is 0.877. The van der Waals surface area contributed by atoms with Crippen LogP contribution in [0.1, 0.15) is 52.9 Å². The van der Waals surface area contributed by atoms with E-state index in [0.717, 1.165) is 32.2 Å². The Hall–Kier alpha value is -1.26. The predicted octanol–water partition coefficient (Wildman–Crippen LogP) is 2.79. The molecule has 0 aromatic rings. The zero-order valence-electron chi connectivity index (χ0n) is 11.1. The lowest BCUT2D eigenvalue weighted by atomic mass is 10.3. The molecular weight excluding hydrogens is 222 g/mol. The van der Waals surface area contributed by atoms with Gasteiger partial charge in [-0.05, 0) is 19.8 Å². The molecule has 0 aliphatic heterocycles. The van der Waals surface area contributed by atoms with Crippen LogP contribution in [0.25, 0.3) is 0 Å². The van der Waals surface area contributed by atoms with Gasteiger partial charge in [0.25, 0.3) is 0 Å². The molecular formula is C12H25NO4. The average Bonchev–Trinajstić information content (AvgIpc) is 2.28. The number of alkyl carbamates (subject to hydrolysis) is 1. The van der Waals surface area contributed by atoms with E-state index in [1.165, 1.54) is 0 Å². The number of rotatable bonds is 7. The van der Waals surface area contributed by atoms with Gasteiger partial charge in [0.1, 0.15) is 0 Å². The third-order valence-corrected chi connectivity index (χ3v) is 1.82. The van der Waals surface area contributed by atoms with Gasteiger partial charge >= 0.3 is 12.1 Å². The minimum atomic E-state index is -0.693. The van der Waals surface area contributed by atoms with Crippen molar-refractivity contribution in [1.29, 1.82) is 0 Å². The summed E-state index contributed by atoms with van der Waals surface area (Å²) in [6.45, 7) is 7.00. The molecule has 0 aromatic heterocycles. The molecule has 0 aliphatic carbocycles. The van der Waals surface area contributed by atoms with Gasteiger partial charge in [0.15, 0.2) is 0 Å². The fourth-order valence-corrected chi connectivity index (χ4v) is 0.877. The Balaban J connectivity index is 0. The number of ether oxygens (including phenoxy) is 1. The Morgan fingerprint density at radius 3 is 2.06 bits per heavy atom. The highest BCUT2D eigenvalue weighted by molar-refractivity contribution is 5.67. The Labute approximate surface area is 104 Å². The van der Waals surface area contributed by atoms with Crippen LogP contribution in [0.2, 0.25) is 0 Å². The standard InChI is InChI=1S/C7H15NO2.C5H10O2/c1-3-5-6-8-7(9)10-4-2;1-2-3-4-5(6)7/h3-6H2,1-2H3,(H,8,9);2-4H2,1H3,(H,6,7). The summed E-state index contributed by atoms with van der Waals surface area (Å²) in [5, 5.41) is 10.7. The molecule has 0 heterocycles. The molecule has 17 heavy (non-hydrogen) atoms. The Morgan fingerprint density at radius 2 is 1.71 bits per heavy atom.